The van der Waals surface area contributed by atoms with Gasteiger partial charge in [0.05, 0.1) is 6.33 Å². The van der Waals surface area contributed by atoms with Gasteiger partial charge in [-0.3, -0.25) is 10.1 Å². The number of imidazole rings is 1. The predicted octanol–water partition coefficient (Wildman–Crippen LogP) is 3.05. The number of piperidine rings is 1. The average Bonchev–Trinajstić information content (AvgIpc) is 3.35. The molecule has 0 spiro atoms. The number of amides is 1. The Hall–Kier alpha value is -2.51. The van der Waals surface area contributed by atoms with Crippen LogP contribution >= 0.6 is 11.3 Å². The van der Waals surface area contributed by atoms with E-state index in [1.807, 2.05) is 41.2 Å². The van der Waals surface area contributed by atoms with Crippen molar-refractivity contribution in [3.8, 4) is 5.69 Å². The fourth-order valence-corrected chi connectivity index (χ4v) is 3.99. The first-order valence-corrected chi connectivity index (χ1v) is 9.17. The highest BCUT2D eigenvalue weighted by molar-refractivity contribution is 7.15. The molecule has 2 N–H and O–H groups in total. The Morgan fingerprint density at radius 3 is 2.76 bits per heavy atom. The second kappa shape index (κ2) is 7.16. The minimum Gasteiger partial charge on any atom is -0.317 e. The van der Waals surface area contributed by atoms with Gasteiger partial charge >= 0.3 is 0 Å². The molecule has 0 radical (unpaired) electrons. The summed E-state index contributed by atoms with van der Waals surface area (Å²) in [4.78, 5) is 22.1. The number of carbonyl (C=O) groups is 1. The molecule has 128 valence electrons. The third-order valence-corrected chi connectivity index (χ3v) is 5.49. The molecule has 1 aromatic carbocycles. The van der Waals surface area contributed by atoms with Crippen molar-refractivity contribution in [3.63, 3.8) is 0 Å². The van der Waals surface area contributed by atoms with Crippen molar-refractivity contribution in [3.05, 3.63) is 59.6 Å². The molecule has 2 aromatic heterocycles. The van der Waals surface area contributed by atoms with Crippen LogP contribution in [0.5, 0.6) is 0 Å². The number of nitrogens with zero attached hydrogens (tertiary/aromatic N) is 3. The van der Waals surface area contributed by atoms with Crippen molar-refractivity contribution < 1.29 is 4.79 Å². The summed E-state index contributed by atoms with van der Waals surface area (Å²) in [5, 5.41) is 6.94. The van der Waals surface area contributed by atoms with Gasteiger partial charge in [-0.15, -0.1) is 11.3 Å². The molecule has 0 atom stereocenters. The second-order valence-electron chi connectivity index (χ2n) is 6.06. The number of aromatic nitrogens is 3. The van der Waals surface area contributed by atoms with Gasteiger partial charge < -0.3 is 9.88 Å². The van der Waals surface area contributed by atoms with Gasteiger partial charge in [0.1, 0.15) is 0 Å². The summed E-state index contributed by atoms with van der Waals surface area (Å²) in [6, 6.07) is 7.43. The van der Waals surface area contributed by atoms with Crippen molar-refractivity contribution in [1.29, 1.82) is 0 Å². The van der Waals surface area contributed by atoms with Crippen LogP contribution in [0.15, 0.2) is 49.2 Å². The summed E-state index contributed by atoms with van der Waals surface area (Å²) in [5.74, 6) is 0.419. The molecule has 1 amide bonds. The summed E-state index contributed by atoms with van der Waals surface area (Å²) in [7, 11) is 0. The lowest BCUT2D eigenvalue weighted by atomic mass is 9.97. The smallest absolute Gasteiger partial charge is 0.257 e. The zero-order valence-electron chi connectivity index (χ0n) is 13.7. The maximum atomic E-state index is 12.4. The molecule has 0 saturated carbocycles. The quantitative estimate of drug-likeness (QED) is 0.756. The highest BCUT2D eigenvalue weighted by Crippen LogP contribution is 2.31. The number of anilines is 1. The van der Waals surface area contributed by atoms with Gasteiger partial charge in [-0.1, -0.05) is 0 Å². The standard InChI is InChI=1S/C18H19N5OS/c24-17(14-1-3-15(4-2-14)23-10-9-20-12-23)22-18-21-11-16(25-18)13-5-7-19-8-6-13/h1-4,9-13,19H,5-8H2,(H,21,22,24). The highest BCUT2D eigenvalue weighted by atomic mass is 32.1. The molecule has 0 unspecified atom stereocenters. The van der Waals surface area contributed by atoms with Crippen LogP contribution in [0.4, 0.5) is 5.13 Å². The molecule has 0 bridgehead atoms. The van der Waals surface area contributed by atoms with Crippen molar-refractivity contribution in [2.75, 3.05) is 18.4 Å². The topological polar surface area (TPSA) is 71.8 Å². The molecular weight excluding hydrogens is 334 g/mol. The Morgan fingerprint density at radius 2 is 2.04 bits per heavy atom. The van der Waals surface area contributed by atoms with E-state index < -0.39 is 0 Å². The van der Waals surface area contributed by atoms with Crippen LogP contribution in [0.3, 0.4) is 0 Å². The van der Waals surface area contributed by atoms with Gasteiger partial charge in [-0.2, -0.15) is 0 Å². The van der Waals surface area contributed by atoms with E-state index in [1.54, 1.807) is 23.9 Å². The Labute approximate surface area is 149 Å². The number of benzene rings is 1. The lowest BCUT2D eigenvalue weighted by Gasteiger charge is -2.20. The highest BCUT2D eigenvalue weighted by Gasteiger charge is 2.18. The van der Waals surface area contributed by atoms with Crippen molar-refractivity contribution in [1.82, 2.24) is 19.9 Å². The van der Waals surface area contributed by atoms with Crippen LogP contribution in [0.1, 0.15) is 34.0 Å². The maximum absolute atomic E-state index is 12.4. The van der Waals surface area contributed by atoms with Crippen LogP contribution < -0.4 is 10.6 Å². The van der Waals surface area contributed by atoms with Crippen molar-refractivity contribution >= 4 is 22.4 Å². The Bertz CT molecular complexity index is 835. The van der Waals surface area contributed by atoms with Crippen molar-refractivity contribution in [2.24, 2.45) is 0 Å². The van der Waals surface area contributed by atoms with Gasteiger partial charge in [0.25, 0.3) is 5.91 Å². The molecular formula is C18H19N5OS. The molecule has 6 nitrogen and oxygen atoms in total. The molecule has 1 aliphatic heterocycles. The van der Waals surface area contributed by atoms with E-state index in [2.05, 4.69) is 20.6 Å². The molecule has 7 heteroatoms. The summed E-state index contributed by atoms with van der Waals surface area (Å²) in [5.41, 5.74) is 1.58. The van der Waals surface area contributed by atoms with Gasteiger partial charge in [0.15, 0.2) is 5.13 Å². The van der Waals surface area contributed by atoms with E-state index in [0.717, 1.165) is 31.6 Å². The second-order valence-corrected chi connectivity index (χ2v) is 7.13. The first-order chi connectivity index (χ1) is 12.3. The van der Waals surface area contributed by atoms with E-state index >= 15 is 0 Å². The van der Waals surface area contributed by atoms with Gasteiger partial charge in [-0.05, 0) is 56.1 Å². The molecule has 1 fully saturated rings. The molecule has 1 saturated heterocycles. The molecule has 4 rings (SSSR count). The monoisotopic (exact) mass is 353 g/mol. The van der Waals surface area contributed by atoms with Gasteiger partial charge in [0.2, 0.25) is 0 Å². The molecule has 25 heavy (non-hydrogen) atoms. The van der Waals surface area contributed by atoms with Crippen LogP contribution in [-0.2, 0) is 0 Å². The predicted molar refractivity (Wildman–Crippen MR) is 98.5 cm³/mol. The number of hydrogen-bond acceptors (Lipinski definition) is 5. The van der Waals surface area contributed by atoms with E-state index in [9.17, 15) is 4.79 Å². The number of nitrogens with one attached hydrogen (secondary N) is 2. The number of hydrogen-bond donors (Lipinski definition) is 2. The summed E-state index contributed by atoms with van der Waals surface area (Å²) in [6.07, 6.45) is 9.48. The molecule has 3 aromatic rings. The van der Waals surface area contributed by atoms with Crippen LogP contribution in [0.2, 0.25) is 0 Å². The molecule has 0 aliphatic carbocycles. The van der Waals surface area contributed by atoms with E-state index in [0.29, 0.717) is 16.6 Å². The fourth-order valence-electron chi connectivity index (χ4n) is 3.01. The Morgan fingerprint density at radius 1 is 1.24 bits per heavy atom. The number of carbonyl (C=O) groups excluding carboxylic acids is 1. The van der Waals surface area contributed by atoms with Gasteiger partial charge in [0, 0.05) is 34.7 Å². The van der Waals surface area contributed by atoms with Crippen LogP contribution in [0, 0.1) is 0 Å². The molecule has 1 aliphatic rings. The SMILES string of the molecule is O=C(Nc1ncc(C2CCNCC2)s1)c1ccc(-n2ccnc2)cc1. The largest absolute Gasteiger partial charge is 0.317 e. The Balaban J connectivity index is 1.42. The average molecular weight is 353 g/mol. The third-order valence-electron chi connectivity index (χ3n) is 4.42. The fraction of sp³-hybridized carbons (Fsp3) is 0.278. The van der Waals surface area contributed by atoms with E-state index in [4.69, 9.17) is 0 Å². The summed E-state index contributed by atoms with van der Waals surface area (Å²) < 4.78 is 1.90. The van der Waals surface area contributed by atoms with Crippen molar-refractivity contribution in [2.45, 2.75) is 18.8 Å². The van der Waals surface area contributed by atoms with Gasteiger partial charge in [-0.25, -0.2) is 9.97 Å². The first kappa shape index (κ1) is 16.0. The maximum Gasteiger partial charge on any atom is 0.257 e. The van der Waals surface area contributed by atoms with E-state index in [-0.39, 0.29) is 5.91 Å². The first-order valence-electron chi connectivity index (χ1n) is 8.36. The summed E-state index contributed by atoms with van der Waals surface area (Å²) in [6.45, 7) is 2.10. The lowest BCUT2D eigenvalue weighted by molar-refractivity contribution is 0.102. The minimum absolute atomic E-state index is 0.136. The Kier molecular flexibility index (Phi) is 4.58. The van der Waals surface area contributed by atoms with Crippen LogP contribution in [0.25, 0.3) is 5.69 Å². The van der Waals surface area contributed by atoms with E-state index in [1.165, 1.54) is 4.88 Å². The zero-order chi connectivity index (χ0) is 17.1. The zero-order valence-corrected chi connectivity index (χ0v) is 14.5. The number of thiazole rings is 1. The number of rotatable bonds is 4. The van der Waals surface area contributed by atoms with Crippen LogP contribution in [-0.4, -0.2) is 33.5 Å². The molecule has 3 heterocycles. The summed E-state index contributed by atoms with van der Waals surface area (Å²) >= 11 is 1.58. The minimum atomic E-state index is -0.136. The lowest BCUT2D eigenvalue weighted by Crippen LogP contribution is -2.26. The third kappa shape index (κ3) is 3.62. The normalized spacial score (nSPS) is 15.2.